The third-order valence-corrected chi connectivity index (χ3v) is 3.85. The third kappa shape index (κ3) is 3.90. The van der Waals surface area contributed by atoms with E-state index >= 15 is 0 Å². The zero-order chi connectivity index (χ0) is 16.9. The molecule has 0 spiro atoms. The number of nitrogens with one attached hydrogen (secondary N) is 1. The molecule has 0 radical (unpaired) electrons. The topological polar surface area (TPSA) is 42.2 Å². The number of halogens is 1. The molecule has 0 bridgehead atoms. The molecule has 0 fully saturated rings. The number of amides is 1. The highest BCUT2D eigenvalue weighted by atomic mass is 19.1. The van der Waals surface area contributed by atoms with Crippen molar-refractivity contribution in [3.63, 3.8) is 0 Å². The van der Waals surface area contributed by atoms with E-state index < -0.39 is 0 Å². The summed E-state index contributed by atoms with van der Waals surface area (Å²) in [5.74, 6) is -0.00103. The van der Waals surface area contributed by atoms with Gasteiger partial charge in [-0.1, -0.05) is 24.3 Å². The van der Waals surface area contributed by atoms with E-state index in [0.29, 0.717) is 5.76 Å². The molecule has 1 heterocycles. The van der Waals surface area contributed by atoms with E-state index in [-0.39, 0.29) is 24.1 Å². The molecule has 1 atom stereocenters. The molecule has 1 amide bonds. The summed E-state index contributed by atoms with van der Waals surface area (Å²) in [6, 6.07) is 17.4. The first-order chi connectivity index (χ1) is 11.6. The van der Waals surface area contributed by atoms with Crippen molar-refractivity contribution in [3.8, 4) is 0 Å². The molecule has 0 saturated heterocycles. The molecule has 1 unspecified atom stereocenters. The van der Waals surface area contributed by atoms with Crippen LogP contribution in [0.25, 0.3) is 0 Å². The summed E-state index contributed by atoms with van der Waals surface area (Å²) in [5, 5.41) is 2.90. The quantitative estimate of drug-likeness (QED) is 0.726. The Morgan fingerprint density at radius 2 is 1.92 bits per heavy atom. The van der Waals surface area contributed by atoms with E-state index in [0.717, 1.165) is 16.8 Å². The van der Waals surface area contributed by atoms with Gasteiger partial charge in [-0.3, -0.25) is 4.79 Å². The number of rotatable bonds is 5. The van der Waals surface area contributed by atoms with Crippen molar-refractivity contribution in [1.29, 1.82) is 0 Å². The summed E-state index contributed by atoms with van der Waals surface area (Å²) in [7, 11) is 0. The summed E-state index contributed by atoms with van der Waals surface area (Å²) in [6.45, 7) is 1.97. The van der Waals surface area contributed by atoms with Gasteiger partial charge in [-0.25, -0.2) is 4.39 Å². The van der Waals surface area contributed by atoms with Gasteiger partial charge in [0.2, 0.25) is 5.91 Å². The van der Waals surface area contributed by atoms with Gasteiger partial charge < -0.3 is 9.73 Å². The lowest BCUT2D eigenvalue weighted by atomic mass is 9.93. The molecule has 3 nitrogen and oxygen atoms in total. The number of aryl methyl sites for hydroxylation is 1. The molecule has 122 valence electrons. The van der Waals surface area contributed by atoms with Crippen molar-refractivity contribution >= 4 is 11.6 Å². The Labute approximate surface area is 140 Å². The van der Waals surface area contributed by atoms with Crippen molar-refractivity contribution < 1.29 is 13.6 Å². The summed E-state index contributed by atoms with van der Waals surface area (Å²) in [6.07, 6.45) is 1.79. The van der Waals surface area contributed by atoms with Crippen LogP contribution in [0.5, 0.6) is 0 Å². The molecule has 1 N–H and O–H groups in total. The summed E-state index contributed by atoms with van der Waals surface area (Å²) in [4.78, 5) is 12.4. The number of hydrogen-bond acceptors (Lipinski definition) is 2. The van der Waals surface area contributed by atoms with Crippen molar-refractivity contribution in [2.24, 2.45) is 0 Å². The van der Waals surface area contributed by atoms with Gasteiger partial charge in [0.15, 0.2) is 0 Å². The fourth-order valence-corrected chi connectivity index (χ4v) is 2.69. The van der Waals surface area contributed by atoms with Crippen LogP contribution < -0.4 is 5.32 Å². The smallest absolute Gasteiger partial charge is 0.225 e. The number of benzene rings is 2. The van der Waals surface area contributed by atoms with Crippen molar-refractivity contribution in [1.82, 2.24) is 0 Å². The Kier molecular flexibility index (Phi) is 4.75. The average molecular weight is 323 g/mol. The van der Waals surface area contributed by atoms with Gasteiger partial charge in [0.1, 0.15) is 11.6 Å². The number of carbonyl (C=O) groups excluding carboxylic acids is 1. The van der Waals surface area contributed by atoms with Crippen LogP contribution in [-0.2, 0) is 4.79 Å². The second-order valence-corrected chi connectivity index (χ2v) is 5.74. The van der Waals surface area contributed by atoms with Gasteiger partial charge in [-0.15, -0.1) is 0 Å². The molecular weight excluding hydrogens is 305 g/mol. The number of anilines is 1. The second kappa shape index (κ2) is 7.13. The zero-order valence-electron chi connectivity index (χ0n) is 13.3. The molecule has 0 aliphatic rings. The average Bonchev–Trinajstić information content (AvgIpc) is 3.08. The van der Waals surface area contributed by atoms with Gasteiger partial charge in [-0.2, -0.15) is 0 Å². The van der Waals surface area contributed by atoms with E-state index in [1.807, 2.05) is 37.3 Å². The molecule has 0 aliphatic heterocycles. The Hall–Kier alpha value is -2.88. The molecule has 1 aromatic heterocycles. The minimum absolute atomic E-state index is 0.119. The van der Waals surface area contributed by atoms with E-state index in [1.165, 1.54) is 12.1 Å². The number of furan rings is 1. The largest absolute Gasteiger partial charge is 0.469 e. The molecular formula is C20H18FNO2. The minimum Gasteiger partial charge on any atom is -0.469 e. The third-order valence-electron chi connectivity index (χ3n) is 3.85. The van der Waals surface area contributed by atoms with Crippen molar-refractivity contribution in [3.05, 3.63) is 89.6 Å². The van der Waals surface area contributed by atoms with Crippen LogP contribution in [0.2, 0.25) is 0 Å². The van der Waals surface area contributed by atoms with E-state index in [2.05, 4.69) is 5.32 Å². The van der Waals surface area contributed by atoms with Gasteiger partial charge in [0.05, 0.1) is 12.2 Å². The first-order valence-corrected chi connectivity index (χ1v) is 7.77. The lowest BCUT2D eigenvalue weighted by molar-refractivity contribution is -0.116. The van der Waals surface area contributed by atoms with Gasteiger partial charge in [0, 0.05) is 12.1 Å². The van der Waals surface area contributed by atoms with Crippen LogP contribution in [0.4, 0.5) is 10.1 Å². The highest BCUT2D eigenvalue weighted by Gasteiger charge is 2.21. The molecule has 3 rings (SSSR count). The van der Waals surface area contributed by atoms with Crippen LogP contribution in [0.1, 0.15) is 29.2 Å². The normalized spacial score (nSPS) is 11.9. The molecule has 0 aliphatic carbocycles. The van der Waals surface area contributed by atoms with Crippen LogP contribution in [0.15, 0.2) is 71.3 Å². The molecule has 0 saturated carbocycles. The predicted molar refractivity (Wildman–Crippen MR) is 91.4 cm³/mol. The lowest BCUT2D eigenvalue weighted by Gasteiger charge is -2.15. The Morgan fingerprint density at radius 1 is 1.12 bits per heavy atom. The highest BCUT2D eigenvalue weighted by Crippen LogP contribution is 2.29. The van der Waals surface area contributed by atoms with Crippen LogP contribution in [-0.4, -0.2) is 5.91 Å². The van der Waals surface area contributed by atoms with E-state index in [9.17, 15) is 9.18 Å². The zero-order valence-corrected chi connectivity index (χ0v) is 13.3. The Balaban J connectivity index is 1.79. The van der Waals surface area contributed by atoms with E-state index in [4.69, 9.17) is 4.42 Å². The van der Waals surface area contributed by atoms with Gasteiger partial charge in [0.25, 0.3) is 0 Å². The summed E-state index contributed by atoms with van der Waals surface area (Å²) < 4.78 is 18.7. The fraction of sp³-hybridized carbons (Fsp3) is 0.150. The molecule has 4 heteroatoms. The summed E-state index contributed by atoms with van der Waals surface area (Å²) in [5.41, 5.74) is 2.68. The standard InChI is InChI=1S/C20H18FNO2/c1-14-4-2-5-17(12-14)22-20(23)13-18(19-6-3-11-24-19)15-7-9-16(21)10-8-15/h2-12,18H,13H2,1H3,(H,22,23). The maximum absolute atomic E-state index is 13.2. The van der Waals surface area contributed by atoms with E-state index in [1.54, 1.807) is 24.5 Å². The summed E-state index contributed by atoms with van der Waals surface area (Å²) >= 11 is 0. The predicted octanol–water partition coefficient (Wildman–Crippen LogP) is 4.89. The monoisotopic (exact) mass is 323 g/mol. The number of carbonyl (C=O) groups is 1. The molecule has 3 aromatic rings. The maximum Gasteiger partial charge on any atom is 0.225 e. The van der Waals surface area contributed by atoms with Gasteiger partial charge in [-0.05, 0) is 54.4 Å². The maximum atomic E-state index is 13.2. The highest BCUT2D eigenvalue weighted by molar-refractivity contribution is 5.91. The second-order valence-electron chi connectivity index (χ2n) is 5.74. The molecule has 24 heavy (non-hydrogen) atoms. The first kappa shape index (κ1) is 16.0. The van der Waals surface area contributed by atoms with Crippen LogP contribution in [0.3, 0.4) is 0 Å². The Morgan fingerprint density at radius 3 is 2.58 bits per heavy atom. The lowest BCUT2D eigenvalue weighted by Crippen LogP contribution is -2.16. The van der Waals surface area contributed by atoms with Crippen molar-refractivity contribution in [2.45, 2.75) is 19.3 Å². The van der Waals surface area contributed by atoms with Gasteiger partial charge >= 0.3 is 0 Å². The fourth-order valence-electron chi connectivity index (χ4n) is 2.69. The van der Waals surface area contributed by atoms with Crippen LogP contribution >= 0.6 is 0 Å². The number of hydrogen-bond donors (Lipinski definition) is 1. The SMILES string of the molecule is Cc1cccc(NC(=O)CC(c2ccc(F)cc2)c2ccco2)c1. The Bertz CT molecular complexity index is 810. The molecule has 2 aromatic carbocycles. The first-order valence-electron chi connectivity index (χ1n) is 7.77. The minimum atomic E-state index is -0.304. The van der Waals surface area contributed by atoms with Crippen LogP contribution in [0, 0.1) is 12.7 Å². The van der Waals surface area contributed by atoms with Crippen molar-refractivity contribution in [2.75, 3.05) is 5.32 Å².